The van der Waals surface area contributed by atoms with Gasteiger partial charge in [0.25, 0.3) is 0 Å². The van der Waals surface area contributed by atoms with Gasteiger partial charge >= 0.3 is 0 Å². The van der Waals surface area contributed by atoms with Crippen molar-refractivity contribution in [2.75, 3.05) is 7.11 Å². The summed E-state index contributed by atoms with van der Waals surface area (Å²) in [4.78, 5) is 4.20. The number of halogens is 2. The number of para-hydroxylation sites is 1. The van der Waals surface area contributed by atoms with Gasteiger partial charge in [0.15, 0.2) is 0 Å². The number of rotatable bonds is 4. The molecule has 0 fully saturated rings. The molecule has 0 spiro atoms. The van der Waals surface area contributed by atoms with Gasteiger partial charge in [0, 0.05) is 6.20 Å². The molecule has 2 aromatic rings. The Balaban J connectivity index is 2.23. The van der Waals surface area contributed by atoms with Gasteiger partial charge in [-0.3, -0.25) is 4.98 Å². The lowest BCUT2D eigenvalue weighted by molar-refractivity contribution is 0.408. The maximum absolute atomic E-state index is 6.16. The lowest BCUT2D eigenvalue weighted by atomic mass is 10.0. The summed E-state index contributed by atoms with van der Waals surface area (Å²) >= 11 is 11.9. The Morgan fingerprint density at radius 3 is 2.74 bits per heavy atom. The fourth-order valence-corrected chi connectivity index (χ4v) is 2.42. The zero-order valence-corrected chi connectivity index (χ0v) is 11.9. The molecule has 0 aliphatic heterocycles. The van der Waals surface area contributed by atoms with Crippen molar-refractivity contribution in [2.45, 2.75) is 12.5 Å². The Hall–Kier alpha value is -1.29. The van der Waals surface area contributed by atoms with Crippen molar-refractivity contribution in [2.24, 2.45) is 5.73 Å². The molecule has 1 unspecified atom stereocenters. The quantitative estimate of drug-likeness (QED) is 0.937. The van der Waals surface area contributed by atoms with Gasteiger partial charge < -0.3 is 10.5 Å². The highest BCUT2D eigenvalue weighted by Gasteiger charge is 2.15. The minimum Gasteiger partial charge on any atom is -0.496 e. The Morgan fingerprint density at radius 1 is 1.32 bits per heavy atom. The zero-order valence-electron chi connectivity index (χ0n) is 10.4. The van der Waals surface area contributed by atoms with Crippen LogP contribution in [0.4, 0.5) is 0 Å². The average molecular weight is 297 g/mol. The summed E-state index contributed by atoms with van der Waals surface area (Å²) in [7, 11) is 1.64. The molecule has 1 aromatic heterocycles. The molecule has 19 heavy (non-hydrogen) atoms. The van der Waals surface area contributed by atoms with E-state index in [2.05, 4.69) is 4.98 Å². The van der Waals surface area contributed by atoms with E-state index >= 15 is 0 Å². The number of hydrogen-bond donors (Lipinski definition) is 1. The van der Waals surface area contributed by atoms with Crippen molar-refractivity contribution in [3.05, 3.63) is 57.8 Å². The first-order valence-corrected chi connectivity index (χ1v) is 6.56. The van der Waals surface area contributed by atoms with Crippen LogP contribution < -0.4 is 10.5 Å². The molecule has 0 amide bonds. The zero-order chi connectivity index (χ0) is 13.8. The molecular weight excluding hydrogens is 283 g/mol. The number of aromatic nitrogens is 1. The SMILES string of the molecule is COc1ccccc1CC(N)c1ncc(Cl)cc1Cl. The van der Waals surface area contributed by atoms with Crippen LogP contribution in [0.1, 0.15) is 17.3 Å². The van der Waals surface area contributed by atoms with E-state index in [4.69, 9.17) is 33.7 Å². The Morgan fingerprint density at radius 2 is 2.05 bits per heavy atom. The molecule has 100 valence electrons. The maximum atomic E-state index is 6.16. The van der Waals surface area contributed by atoms with Crippen molar-refractivity contribution in [3.8, 4) is 5.75 Å². The molecule has 1 heterocycles. The summed E-state index contributed by atoms with van der Waals surface area (Å²) in [6.07, 6.45) is 2.14. The van der Waals surface area contributed by atoms with E-state index < -0.39 is 0 Å². The predicted octanol–water partition coefficient (Wildman–Crippen LogP) is 3.64. The lowest BCUT2D eigenvalue weighted by Gasteiger charge is -2.15. The number of pyridine rings is 1. The Kier molecular flexibility index (Phi) is 4.64. The van der Waals surface area contributed by atoms with Crippen LogP contribution in [0.25, 0.3) is 0 Å². The maximum Gasteiger partial charge on any atom is 0.122 e. The molecule has 0 saturated carbocycles. The summed E-state index contributed by atoms with van der Waals surface area (Å²) in [5, 5.41) is 0.980. The van der Waals surface area contributed by atoms with Crippen LogP contribution in [0.3, 0.4) is 0 Å². The third kappa shape index (κ3) is 3.38. The molecule has 1 atom stereocenters. The number of methoxy groups -OCH3 is 1. The number of nitrogens with zero attached hydrogens (tertiary/aromatic N) is 1. The first-order valence-electron chi connectivity index (χ1n) is 5.80. The third-order valence-corrected chi connectivity index (χ3v) is 3.33. The topological polar surface area (TPSA) is 48.1 Å². The third-order valence-electron chi connectivity index (χ3n) is 2.82. The highest BCUT2D eigenvalue weighted by atomic mass is 35.5. The summed E-state index contributed by atoms with van der Waals surface area (Å²) in [6.45, 7) is 0. The molecule has 0 aliphatic carbocycles. The Bertz CT molecular complexity index is 575. The second-order valence-electron chi connectivity index (χ2n) is 4.14. The van der Waals surface area contributed by atoms with Crippen LogP contribution in [-0.2, 0) is 6.42 Å². The molecular formula is C14H14Cl2N2O. The molecule has 5 heteroatoms. The van der Waals surface area contributed by atoms with Gasteiger partial charge in [0.2, 0.25) is 0 Å². The smallest absolute Gasteiger partial charge is 0.122 e. The Labute approximate surface area is 122 Å². The molecule has 1 aromatic carbocycles. The summed E-state index contributed by atoms with van der Waals surface area (Å²) in [6, 6.07) is 9.08. The monoisotopic (exact) mass is 296 g/mol. The van der Waals surface area contributed by atoms with Gasteiger partial charge in [-0.2, -0.15) is 0 Å². The van der Waals surface area contributed by atoms with Crippen LogP contribution in [0.2, 0.25) is 10.0 Å². The first kappa shape index (κ1) is 14.1. The predicted molar refractivity (Wildman–Crippen MR) is 77.9 cm³/mol. The fourth-order valence-electron chi connectivity index (χ4n) is 1.90. The molecule has 2 N–H and O–H groups in total. The molecule has 0 bridgehead atoms. The second-order valence-corrected chi connectivity index (χ2v) is 4.99. The van der Waals surface area contributed by atoms with Crippen LogP contribution in [-0.4, -0.2) is 12.1 Å². The molecule has 3 nitrogen and oxygen atoms in total. The van der Waals surface area contributed by atoms with Crippen molar-refractivity contribution in [3.63, 3.8) is 0 Å². The minimum atomic E-state index is -0.305. The van der Waals surface area contributed by atoms with Gasteiger partial charge in [-0.1, -0.05) is 41.4 Å². The molecule has 2 rings (SSSR count). The normalized spacial score (nSPS) is 12.2. The molecule has 0 radical (unpaired) electrons. The summed E-state index contributed by atoms with van der Waals surface area (Å²) in [5.41, 5.74) is 7.81. The van der Waals surface area contributed by atoms with E-state index in [1.807, 2.05) is 24.3 Å². The van der Waals surface area contributed by atoms with Gasteiger partial charge in [-0.05, 0) is 24.1 Å². The average Bonchev–Trinajstić information content (AvgIpc) is 2.39. The summed E-state index contributed by atoms with van der Waals surface area (Å²) < 4.78 is 5.30. The largest absolute Gasteiger partial charge is 0.496 e. The lowest BCUT2D eigenvalue weighted by Crippen LogP contribution is -2.16. The van der Waals surface area contributed by atoms with Crippen molar-refractivity contribution in [1.82, 2.24) is 4.98 Å². The van der Waals surface area contributed by atoms with Crippen molar-refractivity contribution >= 4 is 23.2 Å². The molecule has 0 aliphatic rings. The van der Waals surface area contributed by atoms with Crippen LogP contribution >= 0.6 is 23.2 Å². The van der Waals surface area contributed by atoms with Gasteiger partial charge in [-0.25, -0.2) is 0 Å². The number of ether oxygens (including phenoxy) is 1. The summed E-state index contributed by atoms with van der Waals surface area (Å²) in [5.74, 6) is 0.808. The standard InChI is InChI=1S/C14H14Cl2N2O/c1-19-13-5-3-2-4-9(13)6-12(17)14-11(16)7-10(15)8-18-14/h2-5,7-8,12H,6,17H2,1H3. The van der Waals surface area contributed by atoms with E-state index in [-0.39, 0.29) is 6.04 Å². The molecule has 0 saturated heterocycles. The fraction of sp³-hybridized carbons (Fsp3) is 0.214. The number of hydrogen-bond acceptors (Lipinski definition) is 3. The van der Waals surface area contributed by atoms with Gasteiger partial charge in [0.05, 0.1) is 28.9 Å². The van der Waals surface area contributed by atoms with E-state index in [1.54, 1.807) is 19.4 Å². The van der Waals surface area contributed by atoms with E-state index in [0.717, 1.165) is 11.3 Å². The van der Waals surface area contributed by atoms with Crippen LogP contribution in [0.5, 0.6) is 5.75 Å². The number of benzene rings is 1. The highest BCUT2D eigenvalue weighted by molar-refractivity contribution is 6.34. The first-order chi connectivity index (χ1) is 9.11. The van der Waals surface area contributed by atoms with Gasteiger partial charge in [0.1, 0.15) is 5.75 Å². The van der Waals surface area contributed by atoms with E-state index in [0.29, 0.717) is 22.2 Å². The van der Waals surface area contributed by atoms with Crippen LogP contribution in [0.15, 0.2) is 36.5 Å². The number of nitrogens with two attached hydrogens (primary N) is 1. The van der Waals surface area contributed by atoms with E-state index in [9.17, 15) is 0 Å². The van der Waals surface area contributed by atoms with Gasteiger partial charge in [-0.15, -0.1) is 0 Å². The van der Waals surface area contributed by atoms with Crippen molar-refractivity contribution in [1.29, 1.82) is 0 Å². The van der Waals surface area contributed by atoms with E-state index in [1.165, 1.54) is 0 Å². The minimum absolute atomic E-state index is 0.305. The van der Waals surface area contributed by atoms with Crippen molar-refractivity contribution < 1.29 is 4.74 Å². The second kappa shape index (κ2) is 6.24. The van der Waals surface area contributed by atoms with Crippen LogP contribution in [0, 0.1) is 0 Å². The highest BCUT2D eigenvalue weighted by Crippen LogP contribution is 2.27.